The largest absolute Gasteiger partial charge is 0.354 e. The highest BCUT2D eigenvalue weighted by atomic mass is 16.7. The summed E-state index contributed by atoms with van der Waals surface area (Å²) >= 11 is 0. The van der Waals surface area contributed by atoms with Crippen molar-refractivity contribution in [3.8, 4) is 0 Å². The SMILES string of the molecule is CNC1COCOC1. The van der Waals surface area contributed by atoms with Crippen molar-refractivity contribution in [2.45, 2.75) is 6.04 Å². The first kappa shape index (κ1) is 6.01. The molecule has 1 aliphatic rings. The molecule has 0 aromatic carbocycles. The summed E-state index contributed by atoms with van der Waals surface area (Å²) in [6.07, 6.45) is 0. The monoisotopic (exact) mass is 117 g/mol. The first-order valence-electron chi connectivity index (χ1n) is 2.76. The van der Waals surface area contributed by atoms with Crippen molar-refractivity contribution in [1.82, 2.24) is 5.32 Å². The lowest BCUT2D eigenvalue weighted by molar-refractivity contribution is -0.111. The minimum Gasteiger partial charge on any atom is -0.354 e. The Hall–Kier alpha value is -0.120. The third kappa shape index (κ3) is 1.43. The van der Waals surface area contributed by atoms with Gasteiger partial charge >= 0.3 is 0 Å². The second kappa shape index (κ2) is 3.02. The number of nitrogens with one attached hydrogen (secondary N) is 1. The van der Waals surface area contributed by atoms with E-state index in [1.165, 1.54) is 0 Å². The highest BCUT2D eigenvalue weighted by Gasteiger charge is 2.09. The molecule has 0 aliphatic carbocycles. The topological polar surface area (TPSA) is 30.5 Å². The van der Waals surface area contributed by atoms with Crippen LogP contribution in [0.15, 0.2) is 0 Å². The molecule has 1 aliphatic heterocycles. The van der Waals surface area contributed by atoms with Crippen molar-refractivity contribution in [1.29, 1.82) is 0 Å². The molecule has 0 unspecified atom stereocenters. The number of hydrogen-bond donors (Lipinski definition) is 1. The molecule has 0 atom stereocenters. The van der Waals surface area contributed by atoms with Crippen LogP contribution in [0.4, 0.5) is 0 Å². The van der Waals surface area contributed by atoms with E-state index in [0.29, 0.717) is 12.8 Å². The van der Waals surface area contributed by atoms with Crippen LogP contribution in [0.3, 0.4) is 0 Å². The molecule has 3 heteroatoms. The lowest BCUT2D eigenvalue weighted by Gasteiger charge is -2.21. The van der Waals surface area contributed by atoms with E-state index in [-0.39, 0.29) is 0 Å². The Kier molecular flexibility index (Phi) is 2.27. The maximum Gasteiger partial charge on any atom is 0.146 e. The zero-order chi connectivity index (χ0) is 5.82. The van der Waals surface area contributed by atoms with Crippen molar-refractivity contribution in [3.63, 3.8) is 0 Å². The summed E-state index contributed by atoms with van der Waals surface area (Å²) in [4.78, 5) is 0. The second-order valence-corrected chi connectivity index (χ2v) is 1.85. The zero-order valence-corrected chi connectivity index (χ0v) is 5.02. The predicted octanol–water partition coefficient (Wildman–Crippen LogP) is -0.421. The Morgan fingerprint density at radius 2 is 2.00 bits per heavy atom. The van der Waals surface area contributed by atoms with E-state index < -0.39 is 0 Å². The first-order chi connectivity index (χ1) is 3.93. The fourth-order valence-corrected chi connectivity index (χ4v) is 0.654. The number of rotatable bonds is 1. The van der Waals surface area contributed by atoms with Gasteiger partial charge in [-0.05, 0) is 7.05 Å². The van der Waals surface area contributed by atoms with Gasteiger partial charge in [0.15, 0.2) is 0 Å². The van der Waals surface area contributed by atoms with E-state index in [4.69, 9.17) is 9.47 Å². The summed E-state index contributed by atoms with van der Waals surface area (Å²) in [5.74, 6) is 0. The fourth-order valence-electron chi connectivity index (χ4n) is 0.654. The Labute approximate surface area is 49.0 Å². The lowest BCUT2D eigenvalue weighted by atomic mass is 10.3. The molecule has 3 nitrogen and oxygen atoms in total. The van der Waals surface area contributed by atoms with Crippen molar-refractivity contribution < 1.29 is 9.47 Å². The van der Waals surface area contributed by atoms with Gasteiger partial charge in [0.2, 0.25) is 0 Å². The summed E-state index contributed by atoms with van der Waals surface area (Å²) in [5.41, 5.74) is 0. The minimum atomic E-state index is 0.392. The maximum atomic E-state index is 4.99. The van der Waals surface area contributed by atoms with Gasteiger partial charge in [0.05, 0.1) is 19.3 Å². The molecule has 0 spiro atoms. The summed E-state index contributed by atoms with van der Waals surface area (Å²) in [7, 11) is 1.91. The molecular formula is C5H11NO2. The minimum absolute atomic E-state index is 0.392. The summed E-state index contributed by atoms with van der Waals surface area (Å²) < 4.78 is 9.98. The third-order valence-electron chi connectivity index (χ3n) is 1.21. The van der Waals surface area contributed by atoms with E-state index in [2.05, 4.69) is 5.32 Å². The summed E-state index contributed by atoms with van der Waals surface area (Å²) in [6.45, 7) is 2.01. The van der Waals surface area contributed by atoms with Crippen LogP contribution >= 0.6 is 0 Å². The Morgan fingerprint density at radius 3 is 2.38 bits per heavy atom. The third-order valence-corrected chi connectivity index (χ3v) is 1.21. The average Bonchev–Trinajstić information content (AvgIpc) is 1.90. The number of likely N-dealkylation sites (N-methyl/N-ethyl adjacent to an activating group) is 1. The molecule has 1 N–H and O–H groups in total. The molecule has 0 bridgehead atoms. The highest BCUT2D eigenvalue weighted by Crippen LogP contribution is 1.94. The Balaban J connectivity index is 2.13. The molecule has 1 heterocycles. The summed E-state index contributed by atoms with van der Waals surface area (Å²) in [6, 6.07) is 0.392. The highest BCUT2D eigenvalue weighted by molar-refractivity contribution is 4.62. The number of ether oxygens (including phenoxy) is 2. The van der Waals surface area contributed by atoms with Gasteiger partial charge in [0, 0.05) is 0 Å². The van der Waals surface area contributed by atoms with E-state index >= 15 is 0 Å². The molecule has 1 rings (SSSR count). The maximum absolute atomic E-state index is 4.99. The van der Waals surface area contributed by atoms with Crippen LogP contribution in [-0.2, 0) is 9.47 Å². The van der Waals surface area contributed by atoms with Gasteiger partial charge in [-0.15, -0.1) is 0 Å². The van der Waals surface area contributed by atoms with E-state index in [1.54, 1.807) is 0 Å². The smallest absolute Gasteiger partial charge is 0.146 e. The normalized spacial score (nSPS) is 23.6. The van der Waals surface area contributed by atoms with E-state index in [1.807, 2.05) is 7.05 Å². The molecule has 0 aromatic heterocycles. The standard InChI is InChI=1S/C5H11NO2/c1-6-5-2-7-4-8-3-5/h5-6H,2-4H2,1H3. The molecular weight excluding hydrogens is 106 g/mol. The molecule has 8 heavy (non-hydrogen) atoms. The Morgan fingerprint density at radius 1 is 1.38 bits per heavy atom. The molecule has 0 saturated carbocycles. The molecule has 48 valence electrons. The van der Waals surface area contributed by atoms with Gasteiger partial charge in [-0.1, -0.05) is 0 Å². The van der Waals surface area contributed by atoms with Crippen LogP contribution < -0.4 is 5.32 Å². The zero-order valence-electron chi connectivity index (χ0n) is 5.02. The molecule has 0 amide bonds. The summed E-state index contributed by atoms with van der Waals surface area (Å²) in [5, 5.41) is 3.05. The van der Waals surface area contributed by atoms with Gasteiger partial charge in [0.25, 0.3) is 0 Å². The van der Waals surface area contributed by atoms with Gasteiger partial charge < -0.3 is 14.8 Å². The van der Waals surface area contributed by atoms with Crippen molar-refractivity contribution >= 4 is 0 Å². The lowest BCUT2D eigenvalue weighted by Crippen LogP contribution is -2.39. The van der Waals surface area contributed by atoms with Crippen LogP contribution in [0, 0.1) is 0 Å². The van der Waals surface area contributed by atoms with Crippen LogP contribution in [0.2, 0.25) is 0 Å². The fraction of sp³-hybridized carbons (Fsp3) is 1.00. The van der Waals surface area contributed by atoms with Crippen molar-refractivity contribution in [3.05, 3.63) is 0 Å². The van der Waals surface area contributed by atoms with Crippen LogP contribution in [0.1, 0.15) is 0 Å². The van der Waals surface area contributed by atoms with E-state index in [9.17, 15) is 0 Å². The average molecular weight is 117 g/mol. The van der Waals surface area contributed by atoms with Crippen LogP contribution in [0.25, 0.3) is 0 Å². The van der Waals surface area contributed by atoms with Gasteiger partial charge in [-0.2, -0.15) is 0 Å². The molecule has 0 radical (unpaired) electrons. The van der Waals surface area contributed by atoms with Crippen LogP contribution in [0.5, 0.6) is 0 Å². The van der Waals surface area contributed by atoms with E-state index in [0.717, 1.165) is 13.2 Å². The van der Waals surface area contributed by atoms with Crippen LogP contribution in [-0.4, -0.2) is 33.1 Å². The molecule has 1 fully saturated rings. The number of hydrogen-bond acceptors (Lipinski definition) is 3. The predicted molar refractivity (Wildman–Crippen MR) is 29.6 cm³/mol. The quantitative estimate of drug-likeness (QED) is 0.506. The van der Waals surface area contributed by atoms with Gasteiger partial charge in [-0.3, -0.25) is 0 Å². The Bertz CT molecular complexity index is 61.4. The first-order valence-corrected chi connectivity index (χ1v) is 2.76. The van der Waals surface area contributed by atoms with Gasteiger partial charge in [0.1, 0.15) is 6.79 Å². The van der Waals surface area contributed by atoms with Crippen molar-refractivity contribution in [2.24, 2.45) is 0 Å². The second-order valence-electron chi connectivity index (χ2n) is 1.85. The molecule has 0 aromatic rings. The van der Waals surface area contributed by atoms with Crippen molar-refractivity contribution in [2.75, 3.05) is 27.1 Å². The van der Waals surface area contributed by atoms with Gasteiger partial charge in [-0.25, -0.2) is 0 Å². The molecule has 1 saturated heterocycles.